The van der Waals surface area contributed by atoms with E-state index >= 15 is 0 Å². The Hall–Kier alpha value is -3.32. The summed E-state index contributed by atoms with van der Waals surface area (Å²) in [7, 11) is 0. The number of dihydropyridines is 1. The van der Waals surface area contributed by atoms with Crippen molar-refractivity contribution >= 4 is 18.0 Å². The number of nitrogens with zero attached hydrogens (tertiary/aromatic N) is 2. The minimum Gasteiger partial charge on any atom is -0.347 e. The van der Waals surface area contributed by atoms with E-state index in [4.69, 9.17) is 5.73 Å². The topological polar surface area (TPSA) is 87.8 Å². The highest BCUT2D eigenvalue weighted by atomic mass is 19.1. The van der Waals surface area contributed by atoms with Crippen LogP contribution in [0.3, 0.4) is 0 Å². The number of aliphatic imine (C=N–C) groups is 1. The average molecular weight is 475 g/mol. The second kappa shape index (κ2) is 9.38. The molecule has 1 aliphatic carbocycles. The molecule has 5 rings (SSSR count). The van der Waals surface area contributed by atoms with E-state index in [-0.39, 0.29) is 29.6 Å². The molecule has 0 radical (unpaired) electrons. The van der Waals surface area contributed by atoms with Crippen molar-refractivity contribution in [2.45, 2.75) is 62.2 Å². The van der Waals surface area contributed by atoms with Gasteiger partial charge in [-0.2, -0.15) is 0 Å². The van der Waals surface area contributed by atoms with Gasteiger partial charge in [-0.1, -0.05) is 42.5 Å². The molecule has 2 unspecified atom stereocenters. The summed E-state index contributed by atoms with van der Waals surface area (Å²) in [5.74, 6) is -0.794. The number of carbonyl (C=O) groups excluding carboxylic acids is 2. The number of fused-ring (bicyclic) bond motifs is 1. The molecule has 1 saturated heterocycles. The Bertz CT molecular complexity index is 1180. The second-order valence-corrected chi connectivity index (χ2v) is 9.88. The fraction of sp³-hybridized carbons (Fsp3) is 0.393. The summed E-state index contributed by atoms with van der Waals surface area (Å²) in [4.78, 5) is 33.9. The number of benzene rings is 2. The molecule has 0 spiro atoms. The number of hydrogen-bond acceptors (Lipinski definition) is 4. The van der Waals surface area contributed by atoms with E-state index < -0.39 is 17.6 Å². The van der Waals surface area contributed by atoms with Crippen molar-refractivity contribution in [1.29, 1.82) is 0 Å². The van der Waals surface area contributed by atoms with Gasteiger partial charge in [0.25, 0.3) is 5.91 Å². The van der Waals surface area contributed by atoms with Crippen LogP contribution in [-0.2, 0) is 16.0 Å². The predicted molar refractivity (Wildman–Crippen MR) is 134 cm³/mol. The van der Waals surface area contributed by atoms with Crippen molar-refractivity contribution in [3.63, 3.8) is 0 Å². The van der Waals surface area contributed by atoms with Gasteiger partial charge in [0.2, 0.25) is 5.91 Å². The van der Waals surface area contributed by atoms with Crippen LogP contribution in [0.5, 0.6) is 0 Å². The summed E-state index contributed by atoms with van der Waals surface area (Å²) in [5, 5.41) is 3.21. The van der Waals surface area contributed by atoms with E-state index in [0.29, 0.717) is 19.4 Å². The van der Waals surface area contributed by atoms with Gasteiger partial charge in [-0.25, -0.2) is 4.39 Å². The van der Waals surface area contributed by atoms with Crippen LogP contribution >= 0.6 is 0 Å². The first-order valence-electron chi connectivity index (χ1n) is 12.3. The zero-order valence-electron chi connectivity index (χ0n) is 19.9. The molecule has 5 atom stereocenters. The Morgan fingerprint density at radius 3 is 2.69 bits per heavy atom. The van der Waals surface area contributed by atoms with E-state index in [0.717, 1.165) is 24.0 Å². The third kappa shape index (κ3) is 4.29. The summed E-state index contributed by atoms with van der Waals surface area (Å²) in [6.45, 7) is 2.14. The molecule has 0 saturated carbocycles. The summed E-state index contributed by atoms with van der Waals surface area (Å²) in [6, 6.07) is 13.2. The van der Waals surface area contributed by atoms with Gasteiger partial charge in [-0.15, -0.1) is 0 Å². The molecule has 2 amide bonds. The normalized spacial score (nSPS) is 28.1. The van der Waals surface area contributed by atoms with Crippen molar-refractivity contribution in [2.75, 3.05) is 6.54 Å². The lowest BCUT2D eigenvalue weighted by Gasteiger charge is -2.38. The maximum Gasteiger partial charge on any atom is 0.253 e. The molecule has 0 aromatic heterocycles. The first kappa shape index (κ1) is 23.4. The summed E-state index contributed by atoms with van der Waals surface area (Å²) in [6.07, 6.45) is 7.93. The number of nitrogens with two attached hydrogens (primary N) is 1. The lowest BCUT2D eigenvalue weighted by atomic mass is 9.85. The van der Waals surface area contributed by atoms with E-state index in [1.54, 1.807) is 36.2 Å². The molecule has 3 aliphatic rings. The van der Waals surface area contributed by atoms with Crippen LogP contribution < -0.4 is 11.1 Å². The van der Waals surface area contributed by atoms with Crippen molar-refractivity contribution in [2.24, 2.45) is 10.7 Å². The van der Waals surface area contributed by atoms with Gasteiger partial charge in [0.1, 0.15) is 11.9 Å². The fourth-order valence-corrected chi connectivity index (χ4v) is 5.69. The van der Waals surface area contributed by atoms with Gasteiger partial charge >= 0.3 is 0 Å². The van der Waals surface area contributed by atoms with Crippen LogP contribution in [0.4, 0.5) is 4.39 Å². The van der Waals surface area contributed by atoms with Crippen LogP contribution in [0.15, 0.2) is 65.7 Å². The Morgan fingerprint density at radius 2 is 1.97 bits per heavy atom. The highest BCUT2D eigenvalue weighted by Crippen LogP contribution is 2.37. The highest BCUT2D eigenvalue weighted by Gasteiger charge is 2.50. The predicted octanol–water partition coefficient (Wildman–Crippen LogP) is 3.43. The number of hydrogen-bond donors (Lipinski definition) is 2. The van der Waals surface area contributed by atoms with Crippen molar-refractivity contribution < 1.29 is 14.0 Å². The molecule has 182 valence electrons. The third-order valence-corrected chi connectivity index (χ3v) is 7.74. The largest absolute Gasteiger partial charge is 0.347 e. The standard InChI is InChI=1S/C28H31FN4O2/c1-18(30)28(14-4-5-15-31-28)27(35)33-17-21(19-8-11-22(29)12-9-19)16-25(33)26(34)32-24-13-10-20-6-2-3-7-23(20)24/h2-9,11-12,15,18,21,24-25H,10,13-14,16-17,30H2,1H3,(H,32,34)/t18?,21-,24+,25-,28?/m0/s1. The molecule has 1 fully saturated rings. The van der Waals surface area contributed by atoms with E-state index in [2.05, 4.69) is 22.4 Å². The Kier molecular flexibility index (Phi) is 6.28. The molecule has 6 nitrogen and oxygen atoms in total. The van der Waals surface area contributed by atoms with Gasteiger partial charge in [-0.05, 0) is 61.1 Å². The number of amides is 2. The number of likely N-dealkylation sites (tertiary alicyclic amines) is 1. The molecule has 2 aliphatic heterocycles. The van der Waals surface area contributed by atoms with Crippen molar-refractivity contribution in [3.8, 4) is 0 Å². The smallest absolute Gasteiger partial charge is 0.253 e. The van der Waals surface area contributed by atoms with Gasteiger partial charge in [0.15, 0.2) is 5.54 Å². The molecule has 2 heterocycles. The summed E-state index contributed by atoms with van der Waals surface area (Å²) >= 11 is 0. The molecular formula is C28H31FN4O2. The molecule has 7 heteroatoms. The Morgan fingerprint density at radius 1 is 1.20 bits per heavy atom. The molecule has 2 aromatic rings. The molecule has 3 N–H and O–H groups in total. The van der Waals surface area contributed by atoms with Crippen molar-refractivity contribution in [1.82, 2.24) is 10.2 Å². The van der Waals surface area contributed by atoms with Crippen molar-refractivity contribution in [3.05, 3.63) is 83.2 Å². The number of halogens is 1. The quantitative estimate of drug-likeness (QED) is 0.696. The van der Waals surface area contributed by atoms with Crippen LogP contribution in [0.1, 0.15) is 54.8 Å². The number of carbonyl (C=O) groups is 2. The van der Waals surface area contributed by atoms with Crippen LogP contribution in [0, 0.1) is 5.82 Å². The van der Waals surface area contributed by atoms with E-state index in [9.17, 15) is 14.0 Å². The lowest BCUT2D eigenvalue weighted by molar-refractivity contribution is -0.143. The van der Waals surface area contributed by atoms with Crippen LogP contribution in [0.25, 0.3) is 0 Å². The SMILES string of the molecule is CC(N)C1(C(=O)N2C[C@@H](c3ccc(F)cc3)C[C@H]2C(=O)N[C@@H]2CCc3ccccc32)CC=CC=N1. The van der Waals surface area contributed by atoms with E-state index in [1.807, 2.05) is 18.2 Å². The molecule has 2 aromatic carbocycles. The fourth-order valence-electron chi connectivity index (χ4n) is 5.69. The zero-order chi connectivity index (χ0) is 24.6. The number of allylic oxidation sites excluding steroid dienone is 1. The second-order valence-electron chi connectivity index (χ2n) is 9.88. The van der Waals surface area contributed by atoms with E-state index in [1.165, 1.54) is 17.7 Å². The maximum atomic E-state index is 14.0. The van der Waals surface area contributed by atoms with Gasteiger partial charge in [0, 0.05) is 31.1 Å². The zero-order valence-corrected chi connectivity index (χ0v) is 19.9. The first-order valence-corrected chi connectivity index (χ1v) is 12.3. The first-order chi connectivity index (χ1) is 16.9. The van der Waals surface area contributed by atoms with Gasteiger partial charge in [0.05, 0.1) is 6.04 Å². The minimum absolute atomic E-state index is 0.0708. The number of rotatable bonds is 5. The van der Waals surface area contributed by atoms with Crippen LogP contribution in [-0.4, -0.2) is 47.1 Å². The molecule has 35 heavy (non-hydrogen) atoms. The Balaban J connectivity index is 1.43. The highest BCUT2D eigenvalue weighted by molar-refractivity contribution is 5.95. The molecular weight excluding hydrogens is 443 g/mol. The van der Waals surface area contributed by atoms with Crippen LogP contribution in [0.2, 0.25) is 0 Å². The summed E-state index contributed by atoms with van der Waals surface area (Å²) < 4.78 is 13.5. The monoisotopic (exact) mass is 474 g/mol. The average Bonchev–Trinajstić information content (AvgIpc) is 3.49. The number of aryl methyl sites for hydroxylation is 1. The third-order valence-electron chi connectivity index (χ3n) is 7.74. The maximum absolute atomic E-state index is 14.0. The summed E-state index contributed by atoms with van der Waals surface area (Å²) in [5.41, 5.74) is 8.47. The lowest BCUT2D eigenvalue weighted by Crippen LogP contribution is -2.60. The number of nitrogens with one attached hydrogen (secondary N) is 1. The molecule has 0 bridgehead atoms. The Labute approximate surface area is 205 Å². The van der Waals surface area contributed by atoms with Gasteiger partial charge in [-0.3, -0.25) is 14.6 Å². The van der Waals surface area contributed by atoms with Gasteiger partial charge < -0.3 is 16.0 Å². The minimum atomic E-state index is -1.13.